The summed E-state index contributed by atoms with van der Waals surface area (Å²) < 4.78 is 18.3. The predicted octanol–water partition coefficient (Wildman–Crippen LogP) is 5.24. The number of carbonyl (C=O) groups is 1. The Hall–Kier alpha value is -3.05. The molecule has 0 fully saturated rings. The summed E-state index contributed by atoms with van der Waals surface area (Å²) in [6.07, 6.45) is 0. The molecule has 0 saturated carbocycles. The van der Waals surface area contributed by atoms with Crippen molar-refractivity contribution in [2.75, 3.05) is 17.2 Å². The van der Waals surface area contributed by atoms with Crippen molar-refractivity contribution in [1.29, 1.82) is 0 Å². The second kappa shape index (κ2) is 8.36. The van der Waals surface area contributed by atoms with Crippen LogP contribution in [-0.2, 0) is 4.79 Å². The Bertz CT molecular complexity index is 886. The van der Waals surface area contributed by atoms with Crippen molar-refractivity contribution in [3.63, 3.8) is 0 Å². The van der Waals surface area contributed by atoms with Crippen LogP contribution in [0.15, 0.2) is 72.8 Å². The van der Waals surface area contributed by atoms with Crippen LogP contribution in [0.25, 0.3) is 0 Å². The van der Waals surface area contributed by atoms with Crippen LogP contribution < -0.4 is 15.4 Å². The number of rotatable bonds is 6. The van der Waals surface area contributed by atoms with Crippen molar-refractivity contribution < 1.29 is 13.9 Å². The van der Waals surface area contributed by atoms with Crippen LogP contribution in [0.5, 0.6) is 5.75 Å². The molecule has 3 aromatic rings. The highest BCUT2D eigenvalue weighted by Crippen LogP contribution is 2.25. The summed E-state index contributed by atoms with van der Waals surface area (Å²) in [6.45, 7) is -0.227. The summed E-state index contributed by atoms with van der Waals surface area (Å²) in [5, 5.41) is 6.10. The number of para-hydroxylation sites is 1. The highest BCUT2D eigenvalue weighted by atomic mass is 35.5. The van der Waals surface area contributed by atoms with Gasteiger partial charge in [-0.1, -0.05) is 29.8 Å². The number of anilines is 3. The number of halogens is 2. The Balaban J connectivity index is 1.52. The molecule has 3 rings (SSSR count). The second-order valence-corrected chi connectivity index (χ2v) is 5.89. The Morgan fingerprint density at radius 2 is 1.58 bits per heavy atom. The molecule has 0 unspecified atom stereocenters. The van der Waals surface area contributed by atoms with Gasteiger partial charge < -0.3 is 15.4 Å². The minimum absolute atomic E-state index is 0.120. The van der Waals surface area contributed by atoms with Crippen molar-refractivity contribution in [2.45, 2.75) is 0 Å². The topological polar surface area (TPSA) is 50.4 Å². The van der Waals surface area contributed by atoms with E-state index >= 15 is 0 Å². The maximum absolute atomic E-state index is 13.0. The Labute approximate surface area is 155 Å². The molecule has 0 aliphatic heterocycles. The van der Waals surface area contributed by atoms with Gasteiger partial charge in [0.15, 0.2) is 6.61 Å². The lowest BCUT2D eigenvalue weighted by Gasteiger charge is -2.10. The molecule has 3 aromatic carbocycles. The molecule has 0 spiro atoms. The molecule has 1 amide bonds. The molecule has 6 heteroatoms. The third-order valence-corrected chi connectivity index (χ3v) is 3.78. The largest absolute Gasteiger partial charge is 0.482 e. The highest BCUT2D eigenvalue weighted by molar-refractivity contribution is 6.32. The van der Waals surface area contributed by atoms with E-state index in [2.05, 4.69) is 10.6 Å². The first-order valence-electron chi connectivity index (χ1n) is 7.90. The third kappa shape index (κ3) is 4.97. The Morgan fingerprint density at radius 3 is 2.27 bits per heavy atom. The van der Waals surface area contributed by atoms with Crippen LogP contribution in [0.1, 0.15) is 0 Å². The molecule has 0 aliphatic rings. The van der Waals surface area contributed by atoms with E-state index < -0.39 is 5.82 Å². The minimum atomic E-state index is -0.462. The first kappa shape index (κ1) is 17.8. The second-order valence-electron chi connectivity index (χ2n) is 5.48. The zero-order chi connectivity index (χ0) is 18.4. The van der Waals surface area contributed by atoms with Gasteiger partial charge in [0.1, 0.15) is 11.6 Å². The van der Waals surface area contributed by atoms with Gasteiger partial charge in [-0.15, -0.1) is 0 Å². The SMILES string of the molecule is O=C(COc1ccc(F)cc1Cl)Nc1ccc(Nc2ccccc2)cc1. The zero-order valence-corrected chi connectivity index (χ0v) is 14.5. The molecular weight excluding hydrogens is 355 g/mol. The maximum atomic E-state index is 13.0. The van der Waals surface area contributed by atoms with Crippen molar-refractivity contribution >= 4 is 34.6 Å². The highest BCUT2D eigenvalue weighted by Gasteiger charge is 2.07. The summed E-state index contributed by atoms with van der Waals surface area (Å²) in [5.41, 5.74) is 2.53. The molecule has 0 heterocycles. The molecule has 0 bridgehead atoms. The first-order valence-corrected chi connectivity index (χ1v) is 8.28. The fourth-order valence-electron chi connectivity index (χ4n) is 2.26. The molecule has 0 saturated heterocycles. The van der Waals surface area contributed by atoms with E-state index in [1.807, 2.05) is 42.5 Å². The molecule has 2 N–H and O–H groups in total. The fourth-order valence-corrected chi connectivity index (χ4v) is 2.48. The van der Waals surface area contributed by atoms with Gasteiger partial charge in [-0.05, 0) is 54.6 Å². The van der Waals surface area contributed by atoms with Crippen LogP contribution in [0.4, 0.5) is 21.5 Å². The lowest BCUT2D eigenvalue weighted by molar-refractivity contribution is -0.118. The average Bonchev–Trinajstić information content (AvgIpc) is 2.63. The molecule has 0 aliphatic carbocycles. The Morgan fingerprint density at radius 1 is 0.923 bits per heavy atom. The average molecular weight is 371 g/mol. The van der Waals surface area contributed by atoms with Crippen molar-refractivity contribution in [3.8, 4) is 5.75 Å². The summed E-state index contributed by atoms with van der Waals surface area (Å²) in [7, 11) is 0. The molecule has 26 heavy (non-hydrogen) atoms. The standard InChI is InChI=1S/C20H16ClFN2O2/c21-18-12-14(22)6-11-19(18)26-13-20(25)24-17-9-7-16(8-10-17)23-15-4-2-1-3-5-15/h1-12,23H,13H2,(H,24,25). The molecular formula is C20H16ClFN2O2. The monoisotopic (exact) mass is 370 g/mol. The van der Waals surface area contributed by atoms with Gasteiger partial charge in [0.05, 0.1) is 5.02 Å². The molecule has 132 valence electrons. The number of amides is 1. The predicted molar refractivity (Wildman–Crippen MR) is 102 cm³/mol. The van der Waals surface area contributed by atoms with Gasteiger partial charge in [0, 0.05) is 17.1 Å². The lowest BCUT2D eigenvalue weighted by Crippen LogP contribution is -2.20. The van der Waals surface area contributed by atoms with Gasteiger partial charge in [0.25, 0.3) is 5.91 Å². The van der Waals surface area contributed by atoms with Gasteiger partial charge in [0.2, 0.25) is 0 Å². The summed E-state index contributed by atoms with van der Waals surface area (Å²) in [6, 6.07) is 20.8. The van der Waals surface area contributed by atoms with Gasteiger partial charge in [-0.2, -0.15) is 0 Å². The molecule has 0 atom stereocenters. The van der Waals surface area contributed by atoms with Crippen molar-refractivity contribution in [3.05, 3.63) is 83.6 Å². The number of benzene rings is 3. The molecule has 0 radical (unpaired) electrons. The van der Waals surface area contributed by atoms with E-state index in [9.17, 15) is 9.18 Å². The number of ether oxygens (including phenoxy) is 1. The summed E-state index contributed by atoms with van der Waals surface area (Å²) >= 11 is 5.85. The molecule has 0 aromatic heterocycles. The fraction of sp³-hybridized carbons (Fsp3) is 0.0500. The van der Waals surface area contributed by atoms with E-state index in [4.69, 9.17) is 16.3 Å². The van der Waals surface area contributed by atoms with E-state index in [0.717, 1.165) is 17.4 Å². The van der Waals surface area contributed by atoms with Gasteiger partial charge >= 0.3 is 0 Å². The number of nitrogens with one attached hydrogen (secondary N) is 2. The van der Waals surface area contributed by atoms with Crippen LogP contribution in [0, 0.1) is 5.82 Å². The Kier molecular flexibility index (Phi) is 5.71. The van der Waals surface area contributed by atoms with E-state index in [1.165, 1.54) is 12.1 Å². The van der Waals surface area contributed by atoms with Crippen LogP contribution in [-0.4, -0.2) is 12.5 Å². The molecule has 4 nitrogen and oxygen atoms in total. The van der Waals surface area contributed by atoms with Crippen LogP contribution in [0.3, 0.4) is 0 Å². The number of hydrogen-bond acceptors (Lipinski definition) is 3. The van der Waals surface area contributed by atoms with E-state index in [0.29, 0.717) is 5.69 Å². The maximum Gasteiger partial charge on any atom is 0.262 e. The van der Waals surface area contributed by atoms with Crippen molar-refractivity contribution in [2.24, 2.45) is 0 Å². The zero-order valence-electron chi connectivity index (χ0n) is 13.7. The third-order valence-electron chi connectivity index (χ3n) is 3.48. The van der Waals surface area contributed by atoms with E-state index in [1.54, 1.807) is 12.1 Å². The quantitative estimate of drug-likeness (QED) is 0.623. The first-order chi connectivity index (χ1) is 12.6. The number of hydrogen-bond donors (Lipinski definition) is 2. The van der Waals surface area contributed by atoms with Crippen molar-refractivity contribution in [1.82, 2.24) is 0 Å². The normalized spacial score (nSPS) is 10.2. The lowest BCUT2D eigenvalue weighted by atomic mass is 10.2. The smallest absolute Gasteiger partial charge is 0.262 e. The van der Waals surface area contributed by atoms with Gasteiger partial charge in [-0.3, -0.25) is 4.79 Å². The summed E-state index contributed by atoms with van der Waals surface area (Å²) in [4.78, 5) is 12.0. The minimum Gasteiger partial charge on any atom is -0.482 e. The van der Waals surface area contributed by atoms with Crippen LogP contribution in [0.2, 0.25) is 5.02 Å². The van der Waals surface area contributed by atoms with Gasteiger partial charge in [-0.25, -0.2) is 4.39 Å². The number of carbonyl (C=O) groups excluding carboxylic acids is 1. The van der Waals surface area contributed by atoms with E-state index in [-0.39, 0.29) is 23.3 Å². The summed E-state index contributed by atoms with van der Waals surface area (Å²) in [5.74, 6) is -0.546. The van der Waals surface area contributed by atoms with Crippen LogP contribution >= 0.6 is 11.6 Å².